The minimum absolute atomic E-state index is 0.0889. The number of sulfonamides is 1. The number of carboxylic acid groups (broad SMARTS) is 1. The van der Waals surface area contributed by atoms with E-state index in [9.17, 15) is 13.2 Å². The van der Waals surface area contributed by atoms with Gasteiger partial charge in [0.2, 0.25) is 10.0 Å². The zero-order chi connectivity index (χ0) is 16.2. The number of ether oxygens (including phenoxy) is 1. The summed E-state index contributed by atoms with van der Waals surface area (Å²) in [6.45, 7) is 3.45. The standard InChI is InChI=1S/C13H18ClNO5S/c1-8(2)12(13(16)17)15-21(18,19)11-5-9(7-20-3)4-10(14)6-11/h4-6,8,12,15H,7H2,1-3H3,(H,16,17)/t12-/m0/s1. The molecule has 0 aliphatic heterocycles. The van der Waals surface area contributed by atoms with Crippen molar-refractivity contribution < 1.29 is 23.1 Å². The third-order valence-electron chi connectivity index (χ3n) is 2.77. The molecule has 21 heavy (non-hydrogen) atoms. The van der Waals surface area contributed by atoms with Gasteiger partial charge in [-0.25, -0.2) is 8.42 Å². The first-order chi connectivity index (χ1) is 9.67. The van der Waals surface area contributed by atoms with Gasteiger partial charge in [-0.15, -0.1) is 0 Å². The molecule has 1 aromatic rings. The number of rotatable bonds is 7. The molecule has 8 heteroatoms. The maximum absolute atomic E-state index is 12.3. The minimum atomic E-state index is -3.98. The Bertz CT molecular complexity index is 615. The summed E-state index contributed by atoms with van der Waals surface area (Å²) in [5, 5.41) is 9.31. The molecule has 0 fully saturated rings. The van der Waals surface area contributed by atoms with Gasteiger partial charge in [0, 0.05) is 12.1 Å². The highest BCUT2D eigenvalue weighted by molar-refractivity contribution is 7.89. The van der Waals surface area contributed by atoms with Crippen molar-refractivity contribution in [2.45, 2.75) is 31.4 Å². The molecule has 1 aromatic carbocycles. The van der Waals surface area contributed by atoms with Crippen LogP contribution in [0.15, 0.2) is 23.1 Å². The Balaban J connectivity index is 3.15. The average Bonchev–Trinajstić information content (AvgIpc) is 2.35. The van der Waals surface area contributed by atoms with Crippen LogP contribution >= 0.6 is 11.6 Å². The van der Waals surface area contributed by atoms with Crippen molar-refractivity contribution in [3.05, 3.63) is 28.8 Å². The number of aliphatic carboxylic acids is 1. The molecule has 0 aliphatic carbocycles. The van der Waals surface area contributed by atoms with E-state index in [0.29, 0.717) is 5.56 Å². The summed E-state index contributed by atoms with van der Waals surface area (Å²) in [5.74, 6) is -1.62. The fourth-order valence-electron chi connectivity index (χ4n) is 1.73. The van der Waals surface area contributed by atoms with Crippen molar-refractivity contribution in [2.75, 3.05) is 7.11 Å². The number of methoxy groups -OCH3 is 1. The van der Waals surface area contributed by atoms with E-state index in [1.54, 1.807) is 19.9 Å². The predicted molar refractivity (Wildman–Crippen MR) is 78.7 cm³/mol. The molecule has 0 saturated carbocycles. The third kappa shape index (κ3) is 4.96. The molecule has 0 radical (unpaired) electrons. The van der Waals surface area contributed by atoms with Crippen LogP contribution in [0, 0.1) is 5.92 Å². The molecule has 0 saturated heterocycles. The molecule has 0 heterocycles. The number of carbonyl (C=O) groups is 1. The van der Waals surface area contributed by atoms with Crippen LogP contribution in [0.25, 0.3) is 0 Å². The van der Waals surface area contributed by atoms with Crippen LogP contribution < -0.4 is 4.72 Å². The molecule has 2 N–H and O–H groups in total. The van der Waals surface area contributed by atoms with E-state index < -0.39 is 28.0 Å². The first kappa shape index (κ1) is 17.9. The average molecular weight is 336 g/mol. The number of benzene rings is 1. The van der Waals surface area contributed by atoms with E-state index in [4.69, 9.17) is 21.4 Å². The van der Waals surface area contributed by atoms with Crippen molar-refractivity contribution in [3.8, 4) is 0 Å². The Morgan fingerprint density at radius 2 is 2.00 bits per heavy atom. The van der Waals surface area contributed by atoms with Crippen LogP contribution in [0.4, 0.5) is 0 Å². The van der Waals surface area contributed by atoms with Gasteiger partial charge in [-0.2, -0.15) is 4.72 Å². The summed E-state index contributed by atoms with van der Waals surface area (Å²) in [6.07, 6.45) is 0. The third-order valence-corrected chi connectivity index (χ3v) is 4.41. The maximum atomic E-state index is 12.3. The van der Waals surface area contributed by atoms with Crippen LogP contribution in [0.1, 0.15) is 19.4 Å². The number of nitrogens with one attached hydrogen (secondary N) is 1. The fraction of sp³-hybridized carbons (Fsp3) is 0.462. The van der Waals surface area contributed by atoms with Gasteiger partial charge in [0.15, 0.2) is 0 Å². The molecule has 0 unspecified atom stereocenters. The lowest BCUT2D eigenvalue weighted by atomic mass is 10.1. The lowest BCUT2D eigenvalue weighted by Gasteiger charge is -2.18. The SMILES string of the molecule is COCc1cc(Cl)cc(S(=O)(=O)N[C@H](C(=O)O)C(C)C)c1. The van der Waals surface area contributed by atoms with E-state index in [-0.39, 0.29) is 16.5 Å². The zero-order valence-corrected chi connectivity index (χ0v) is 13.5. The monoisotopic (exact) mass is 335 g/mol. The molecule has 0 aromatic heterocycles. The molecule has 0 aliphatic rings. The second-order valence-electron chi connectivity index (χ2n) is 4.91. The van der Waals surface area contributed by atoms with Crippen LogP contribution in [0.2, 0.25) is 5.02 Å². The second-order valence-corrected chi connectivity index (χ2v) is 7.06. The molecule has 0 spiro atoms. The lowest BCUT2D eigenvalue weighted by molar-refractivity contribution is -0.140. The summed E-state index contributed by atoms with van der Waals surface area (Å²) in [4.78, 5) is 11.0. The highest BCUT2D eigenvalue weighted by atomic mass is 35.5. The number of halogens is 1. The van der Waals surface area contributed by atoms with Gasteiger partial charge in [0.1, 0.15) is 6.04 Å². The molecular weight excluding hydrogens is 318 g/mol. The largest absolute Gasteiger partial charge is 0.480 e. The lowest BCUT2D eigenvalue weighted by Crippen LogP contribution is -2.44. The van der Waals surface area contributed by atoms with Crippen molar-refractivity contribution in [2.24, 2.45) is 5.92 Å². The summed E-state index contributed by atoms with van der Waals surface area (Å²) in [5.41, 5.74) is 0.585. The van der Waals surface area contributed by atoms with Gasteiger partial charge in [-0.05, 0) is 29.7 Å². The van der Waals surface area contributed by atoms with Crippen molar-refractivity contribution >= 4 is 27.6 Å². The van der Waals surface area contributed by atoms with Gasteiger partial charge in [0.05, 0.1) is 11.5 Å². The molecule has 6 nitrogen and oxygen atoms in total. The van der Waals surface area contributed by atoms with E-state index >= 15 is 0 Å². The quantitative estimate of drug-likeness (QED) is 0.793. The first-order valence-electron chi connectivity index (χ1n) is 6.21. The zero-order valence-electron chi connectivity index (χ0n) is 12.0. The first-order valence-corrected chi connectivity index (χ1v) is 8.07. The van der Waals surface area contributed by atoms with E-state index in [1.807, 2.05) is 0 Å². The molecule has 0 bridgehead atoms. The smallest absolute Gasteiger partial charge is 0.322 e. The maximum Gasteiger partial charge on any atom is 0.322 e. The Labute approximate surface area is 129 Å². The van der Waals surface area contributed by atoms with Crippen LogP contribution in [0.3, 0.4) is 0 Å². The topological polar surface area (TPSA) is 92.7 Å². The molecule has 1 atom stereocenters. The van der Waals surface area contributed by atoms with Gasteiger partial charge < -0.3 is 9.84 Å². The summed E-state index contributed by atoms with van der Waals surface area (Å²) < 4.78 is 31.7. The fourth-order valence-corrected chi connectivity index (χ4v) is 3.49. The predicted octanol–water partition coefficient (Wildman–Crippen LogP) is 1.87. The molecule has 118 valence electrons. The van der Waals surface area contributed by atoms with Crippen molar-refractivity contribution in [1.29, 1.82) is 0 Å². The molecule has 0 amide bonds. The van der Waals surface area contributed by atoms with Crippen molar-refractivity contribution in [3.63, 3.8) is 0 Å². The van der Waals surface area contributed by atoms with E-state index in [2.05, 4.69) is 4.72 Å². The van der Waals surface area contributed by atoms with Gasteiger partial charge in [0.25, 0.3) is 0 Å². The number of hydrogen-bond donors (Lipinski definition) is 2. The van der Waals surface area contributed by atoms with Gasteiger partial charge in [-0.3, -0.25) is 4.79 Å². The van der Waals surface area contributed by atoms with Gasteiger partial charge >= 0.3 is 5.97 Å². The summed E-state index contributed by atoms with van der Waals surface area (Å²) in [7, 11) is -2.50. The summed E-state index contributed by atoms with van der Waals surface area (Å²) in [6, 6.07) is 3.04. The van der Waals surface area contributed by atoms with Gasteiger partial charge in [-0.1, -0.05) is 25.4 Å². The Morgan fingerprint density at radius 3 is 2.48 bits per heavy atom. The van der Waals surface area contributed by atoms with Crippen LogP contribution in [0.5, 0.6) is 0 Å². The number of hydrogen-bond acceptors (Lipinski definition) is 4. The summed E-state index contributed by atoms with van der Waals surface area (Å²) >= 11 is 5.89. The van der Waals surface area contributed by atoms with E-state index in [0.717, 1.165) is 0 Å². The van der Waals surface area contributed by atoms with E-state index in [1.165, 1.54) is 19.2 Å². The number of carboxylic acids is 1. The second kappa shape index (κ2) is 7.22. The van der Waals surface area contributed by atoms with Crippen LogP contribution in [-0.4, -0.2) is 32.6 Å². The normalized spacial score (nSPS) is 13.4. The van der Waals surface area contributed by atoms with Crippen LogP contribution in [-0.2, 0) is 26.2 Å². The molecule has 1 rings (SSSR count). The highest BCUT2D eigenvalue weighted by Gasteiger charge is 2.28. The Morgan fingerprint density at radius 1 is 1.38 bits per heavy atom. The Hall–Kier alpha value is -1.15. The minimum Gasteiger partial charge on any atom is -0.480 e. The molecular formula is C13H18ClNO5S. The van der Waals surface area contributed by atoms with Crippen molar-refractivity contribution in [1.82, 2.24) is 4.72 Å². The Kier molecular flexibility index (Phi) is 6.15. The highest BCUT2D eigenvalue weighted by Crippen LogP contribution is 2.20.